The molecule has 83 heavy (non-hydrogen) atoms. The number of thiophene rings is 2. The Morgan fingerprint density at radius 2 is 0.771 bits per heavy atom. The fraction of sp³-hybridized carbons (Fsp3) is 0. The van der Waals surface area contributed by atoms with Crippen molar-refractivity contribution in [2.75, 3.05) is 0 Å². The first-order chi connectivity index (χ1) is 41.1. The molecule has 0 unspecified atom stereocenters. The van der Waals surface area contributed by atoms with Gasteiger partial charge in [0.15, 0.2) is 17.5 Å². The van der Waals surface area contributed by atoms with Gasteiger partial charge in [0, 0.05) is 107 Å². The summed E-state index contributed by atoms with van der Waals surface area (Å²) in [4.78, 5) is 16.4. The molecule has 6 nitrogen and oxygen atoms in total. The van der Waals surface area contributed by atoms with Crippen LogP contribution in [0.15, 0.2) is 265 Å². The van der Waals surface area contributed by atoms with E-state index < -0.39 is 0 Å². The highest BCUT2D eigenvalue weighted by Crippen LogP contribution is 2.48. The fourth-order valence-electron chi connectivity index (χ4n) is 13.0. The van der Waals surface area contributed by atoms with Crippen molar-refractivity contribution in [2.24, 2.45) is 0 Å². The van der Waals surface area contributed by atoms with Crippen molar-refractivity contribution < 1.29 is 4.42 Å². The Morgan fingerprint density at radius 1 is 0.289 bits per heavy atom. The van der Waals surface area contributed by atoms with E-state index in [2.05, 4.69) is 270 Å². The van der Waals surface area contributed by atoms with Crippen molar-refractivity contribution in [3.8, 4) is 67.8 Å². The molecule has 18 aromatic rings. The number of benzene rings is 12. The lowest BCUT2D eigenvalue weighted by Gasteiger charge is -2.21. The van der Waals surface area contributed by atoms with Crippen LogP contribution in [-0.2, 0) is 0 Å². The largest absolute Gasteiger partial charge is 0.455 e. The normalized spacial score (nSPS) is 12.1. The maximum atomic E-state index is 7.25. The first-order valence-corrected chi connectivity index (χ1v) is 29.5. The van der Waals surface area contributed by atoms with Crippen LogP contribution in [0.5, 0.6) is 0 Å². The first-order valence-electron chi connectivity index (χ1n) is 27.9. The molecule has 0 bridgehead atoms. The van der Waals surface area contributed by atoms with Gasteiger partial charge in [-0.25, -0.2) is 15.0 Å². The number of aromatic nitrogens is 5. The molecule has 0 atom stereocenters. The van der Waals surface area contributed by atoms with E-state index in [0.717, 1.165) is 105 Å². The van der Waals surface area contributed by atoms with Crippen LogP contribution in [0, 0.1) is 0 Å². The van der Waals surface area contributed by atoms with Gasteiger partial charge in [-0.15, -0.1) is 22.7 Å². The number of fused-ring (bicyclic) bond motifs is 16. The van der Waals surface area contributed by atoms with Crippen molar-refractivity contribution in [3.05, 3.63) is 261 Å². The van der Waals surface area contributed by atoms with E-state index in [1.54, 1.807) is 22.7 Å². The van der Waals surface area contributed by atoms with Gasteiger partial charge in [-0.1, -0.05) is 176 Å². The molecule has 18 rings (SSSR count). The molecular formula is C75H43N5OS2. The van der Waals surface area contributed by atoms with Crippen LogP contribution >= 0.6 is 22.7 Å². The van der Waals surface area contributed by atoms with Gasteiger partial charge in [0.05, 0.1) is 33.1 Å². The minimum atomic E-state index is 0.588. The van der Waals surface area contributed by atoms with Crippen LogP contribution in [0.4, 0.5) is 0 Å². The lowest BCUT2D eigenvalue weighted by Crippen LogP contribution is -2.04. The standard InChI is InChI=1S/C75H43N5OS2/c1-4-18-44(19-5-1)57-38-48(75-77-73(46-32-34-53-51-25-12-16-30-66(51)82-68(53)40-46)76-74(78-75)47-33-35-54-52-26-13-17-31-67(52)83-69(54)41-47)39-58(45-20-6-2-7-21-45)71(57)80-62-29-15-11-27-56(62)70-63(80)37-36-55-60-42-59-50-24-10-14-28-61(50)79(49-22-8-3-9-23-49)64(59)43-65(60)81-72(55)70/h1-43H. The average Bonchev–Trinajstić information content (AvgIpc) is 3.20. The van der Waals surface area contributed by atoms with Crippen molar-refractivity contribution in [1.82, 2.24) is 24.1 Å². The van der Waals surface area contributed by atoms with E-state index in [1.165, 1.54) is 51.1 Å². The summed E-state index contributed by atoms with van der Waals surface area (Å²) in [5.41, 5.74) is 15.2. The van der Waals surface area contributed by atoms with Crippen LogP contribution in [-0.4, -0.2) is 24.1 Å². The maximum absolute atomic E-state index is 7.25. The molecule has 0 radical (unpaired) electrons. The third kappa shape index (κ3) is 7.10. The lowest BCUT2D eigenvalue weighted by atomic mass is 9.92. The molecule has 6 aromatic heterocycles. The van der Waals surface area contributed by atoms with E-state index in [-0.39, 0.29) is 0 Å². The molecule has 12 aromatic carbocycles. The van der Waals surface area contributed by atoms with Gasteiger partial charge in [-0.05, 0) is 90.0 Å². The van der Waals surface area contributed by atoms with Gasteiger partial charge in [-0.3, -0.25) is 0 Å². The first kappa shape index (κ1) is 46.3. The molecule has 8 heteroatoms. The van der Waals surface area contributed by atoms with Crippen molar-refractivity contribution >= 4 is 129 Å². The summed E-state index contributed by atoms with van der Waals surface area (Å²) in [6.07, 6.45) is 0. The second-order valence-electron chi connectivity index (χ2n) is 21.4. The molecule has 0 aliphatic heterocycles. The Hall–Kier alpha value is -10.5. The fourth-order valence-corrected chi connectivity index (χ4v) is 15.3. The average molecular weight is 1090 g/mol. The minimum Gasteiger partial charge on any atom is -0.455 e. The zero-order chi connectivity index (χ0) is 54.3. The third-order valence-corrected chi connectivity index (χ3v) is 19.0. The third-order valence-electron chi connectivity index (χ3n) is 16.8. The highest BCUT2D eigenvalue weighted by Gasteiger charge is 2.26. The van der Waals surface area contributed by atoms with Gasteiger partial charge >= 0.3 is 0 Å². The van der Waals surface area contributed by atoms with E-state index >= 15 is 0 Å². The monoisotopic (exact) mass is 1090 g/mol. The molecule has 0 saturated carbocycles. The van der Waals surface area contributed by atoms with Gasteiger partial charge in [0.1, 0.15) is 11.2 Å². The number of hydrogen-bond acceptors (Lipinski definition) is 6. The molecule has 0 spiro atoms. The minimum absolute atomic E-state index is 0.588. The molecule has 6 heterocycles. The van der Waals surface area contributed by atoms with Crippen molar-refractivity contribution in [1.29, 1.82) is 0 Å². The molecule has 0 amide bonds. The number of furan rings is 1. The quantitative estimate of drug-likeness (QED) is 0.160. The molecule has 0 aliphatic carbocycles. The summed E-state index contributed by atoms with van der Waals surface area (Å²) in [5.74, 6) is 1.82. The van der Waals surface area contributed by atoms with Gasteiger partial charge < -0.3 is 13.6 Å². The summed E-state index contributed by atoms with van der Waals surface area (Å²) in [7, 11) is 0. The van der Waals surface area contributed by atoms with Crippen LogP contribution < -0.4 is 0 Å². The second-order valence-corrected chi connectivity index (χ2v) is 23.6. The molecule has 386 valence electrons. The Balaban J connectivity index is 0.894. The Kier molecular flexibility index (Phi) is 10.0. The van der Waals surface area contributed by atoms with Crippen LogP contribution in [0.25, 0.3) is 174 Å². The van der Waals surface area contributed by atoms with Crippen LogP contribution in [0.2, 0.25) is 0 Å². The van der Waals surface area contributed by atoms with Crippen LogP contribution in [0.1, 0.15) is 0 Å². The van der Waals surface area contributed by atoms with Crippen molar-refractivity contribution in [2.45, 2.75) is 0 Å². The number of nitrogens with zero attached hydrogens (tertiary/aromatic N) is 5. The summed E-state index contributed by atoms with van der Waals surface area (Å²) < 4.78 is 17.0. The summed E-state index contributed by atoms with van der Waals surface area (Å²) in [6.45, 7) is 0. The van der Waals surface area contributed by atoms with Gasteiger partial charge in [0.25, 0.3) is 0 Å². The highest BCUT2D eigenvalue weighted by molar-refractivity contribution is 7.26. The summed E-state index contributed by atoms with van der Waals surface area (Å²) in [6, 6.07) is 93.9. The number of hydrogen-bond donors (Lipinski definition) is 0. The van der Waals surface area contributed by atoms with E-state index in [4.69, 9.17) is 19.4 Å². The van der Waals surface area contributed by atoms with E-state index in [0.29, 0.717) is 17.5 Å². The predicted molar refractivity (Wildman–Crippen MR) is 349 cm³/mol. The Morgan fingerprint density at radius 3 is 1.37 bits per heavy atom. The van der Waals surface area contributed by atoms with E-state index in [1.807, 2.05) is 0 Å². The lowest BCUT2D eigenvalue weighted by molar-refractivity contribution is 0.673. The topological polar surface area (TPSA) is 61.7 Å². The van der Waals surface area contributed by atoms with Gasteiger partial charge in [0.2, 0.25) is 0 Å². The molecule has 0 saturated heterocycles. The van der Waals surface area contributed by atoms with Crippen LogP contribution in [0.3, 0.4) is 0 Å². The summed E-state index contributed by atoms with van der Waals surface area (Å²) >= 11 is 3.60. The Labute approximate surface area is 482 Å². The van der Waals surface area contributed by atoms with Gasteiger partial charge in [-0.2, -0.15) is 0 Å². The predicted octanol–water partition coefficient (Wildman–Crippen LogP) is 21.0. The molecule has 0 aliphatic rings. The SMILES string of the molecule is c1ccc(-c2cc(-c3nc(-c4ccc5c(c4)sc4ccccc45)nc(-c4ccc5c(c4)sc4ccccc45)n3)cc(-c3ccccc3)c2-n2c3ccccc3c3c4oc5cc6c(cc5c4ccc32)c2ccccc2n6-c2ccccc2)cc1. The second kappa shape index (κ2) is 18.0. The zero-order valence-electron chi connectivity index (χ0n) is 44.3. The zero-order valence-corrected chi connectivity index (χ0v) is 45.9. The molecule has 0 fully saturated rings. The molecular weight excluding hydrogens is 1050 g/mol. The maximum Gasteiger partial charge on any atom is 0.164 e. The smallest absolute Gasteiger partial charge is 0.164 e. The number of rotatable bonds is 7. The highest BCUT2D eigenvalue weighted by atomic mass is 32.1. The molecule has 0 N–H and O–H groups in total. The van der Waals surface area contributed by atoms with E-state index in [9.17, 15) is 0 Å². The Bertz CT molecular complexity index is 5500. The summed E-state index contributed by atoms with van der Waals surface area (Å²) in [5, 5.41) is 11.7. The van der Waals surface area contributed by atoms with Crippen molar-refractivity contribution in [3.63, 3.8) is 0 Å². The number of para-hydroxylation sites is 3.